The molecule has 0 saturated carbocycles. The molecule has 1 amide bonds. The van der Waals surface area contributed by atoms with Gasteiger partial charge in [0.1, 0.15) is 5.82 Å². The SMILES string of the molecule is CCC1(C)CCN(C(=O)c2ccc(F)cc2N)CC1. The van der Waals surface area contributed by atoms with Crippen molar-refractivity contribution < 1.29 is 9.18 Å². The Morgan fingerprint density at radius 2 is 2.05 bits per heavy atom. The molecule has 1 aromatic carbocycles. The average Bonchev–Trinajstić information content (AvgIpc) is 2.39. The minimum atomic E-state index is -0.411. The largest absolute Gasteiger partial charge is 0.398 e. The molecular weight excluding hydrogens is 243 g/mol. The molecule has 0 aliphatic carbocycles. The molecular formula is C15H21FN2O. The highest BCUT2D eigenvalue weighted by Crippen LogP contribution is 2.34. The van der Waals surface area contributed by atoms with Gasteiger partial charge in [0, 0.05) is 18.8 Å². The van der Waals surface area contributed by atoms with Gasteiger partial charge in [-0.2, -0.15) is 0 Å². The van der Waals surface area contributed by atoms with E-state index < -0.39 is 5.82 Å². The standard InChI is InChI=1S/C15H21FN2O/c1-3-15(2)6-8-18(9-7-15)14(19)12-5-4-11(16)10-13(12)17/h4-5,10H,3,6-9,17H2,1-2H3. The molecule has 0 spiro atoms. The molecule has 19 heavy (non-hydrogen) atoms. The molecule has 1 aromatic rings. The number of likely N-dealkylation sites (tertiary alicyclic amines) is 1. The molecule has 2 rings (SSSR count). The van der Waals surface area contributed by atoms with Crippen LogP contribution in [0.5, 0.6) is 0 Å². The van der Waals surface area contributed by atoms with Gasteiger partial charge in [-0.15, -0.1) is 0 Å². The fourth-order valence-electron chi connectivity index (χ4n) is 2.50. The molecule has 1 fully saturated rings. The van der Waals surface area contributed by atoms with Crippen LogP contribution in [0, 0.1) is 11.2 Å². The predicted molar refractivity (Wildman–Crippen MR) is 74.3 cm³/mol. The molecule has 0 bridgehead atoms. The Morgan fingerprint density at radius 1 is 1.42 bits per heavy atom. The second kappa shape index (κ2) is 5.19. The van der Waals surface area contributed by atoms with Gasteiger partial charge in [-0.05, 0) is 36.5 Å². The molecule has 2 N–H and O–H groups in total. The highest BCUT2D eigenvalue weighted by atomic mass is 19.1. The first kappa shape index (κ1) is 13.8. The fourth-order valence-corrected chi connectivity index (χ4v) is 2.50. The fraction of sp³-hybridized carbons (Fsp3) is 0.533. The van der Waals surface area contributed by atoms with Crippen LogP contribution >= 0.6 is 0 Å². The van der Waals surface area contributed by atoms with Crippen molar-refractivity contribution in [2.75, 3.05) is 18.8 Å². The highest BCUT2D eigenvalue weighted by Gasteiger charge is 2.31. The maximum absolute atomic E-state index is 13.0. The topological polar surface area (TPSA) is 46.3 Å². The first-order valence-corrected chi connectivity index (χ1v) is 6.79. The molecule has 1 heterocycles. The number of nitrogens with two attached hydrogens (primary N) is 1. The quantitative estimate of drug-likeness (QED) is 0.834. The molecule has 1 aliphatic rings. The molecule has 1 saturated heterocycles. The van der Waals surface area contributed by atoms with Gasteiger partial charge < -0.3 is 10.6 Å². The number of benzene rings is 1. The van der Waals surface area contributed by atoms with E-state index in [1.807, 2.05) is 4.90 Å². The summed E-state index contributed by atoms with van der Waals surface area (Å²) in [7, 11) is 0. The van der Waals surface area contributed by atoms with E-state index in [-0.39, 0.29) is 11.6 Å². The first-order chi connectivity index (χ1) is 8.95. The molecule has 4 heteroatoms. The molecule has 0 radical (unpaired) electrons. The van der Waals surface area contributed by atoms with Gasteiger partial charge in [-0.25, -0.2) is 4.39 Å². The zero-order valence-electron chi connectivity index (χ0n) is 11.6. The number of nitrogens with zero attached hydrogens (tertiary/aromatic N) is 1. The first-order valence-electron chi connectivity index (χ1n) is 6.79. The Hall–Kier alpha value is -1.58. The Morgan fingerprint density at radius 3 is 2.58 bits per heavy atom. The van der Waals surface area contributed by atoms with Crippen molar-refractivity contribution >= 4 is 11.6 Å². The number of piperidine rings is 1. The van der Waals surface area contributed by atoms with E-state index in [1.165, 1.54) is 18.2 Å². The van der Waals surface area contributed by atoms with Crippen LogP contribution in [-0.2, 0) is 0 Å². The molecule has 0 unspecified atom stereocenters. The van der Waals surface area contributed by atoms with Crippen LogP contribution in [-0.4, -0.2) is 23.9 Å². The number of rotatable bonds is 2. The third kappa shape index (κ3) is 2.88. The molecule has 104 valence electrons. The van der Waals surface area contributed by atoms with Gasteiger partial charge in [0.05, 0.1) is 5.56 Å². The average molecular weight is 264 g/mol. The van der Waals surface area contributed by atoms with E-state index in [0.717, 1.165) is 32.4 Å². The number of hydrogen-bond acceptors (Lipinski definition) is 2. The van der Waals surface area contributed by atoms with Crippen LogP contribution in [0.4, 0.5) is 10.1 Å². The van der Waals surface area contributed by atoms with Gasteiger partial charge in [0.15, 0.2) is 0 Å². The van der Waals surface area contributed by atoms with Crippen LogP contribution in [0.25, 0.3) is 0 Å². The Labute approximate surface area is 113 Å². The van der Waals surface area contributed by atoms with Crippen molar-refractivity contribution in [2.45, 2.75) is 33.1 Å². The summed E-state index contributed by atoms with van der Waals surface area (Å²) in [6.45, 7) is 5.95. The van der Waals surface area contributed by atoms with E-state index in [2.05, 4.69) is 13.8 Å². The Kier molecular flexibility index (Phi) is 3.78. The lowest BCUT2D eigenvalue weighted by Crippen LogP contribution is -2.42. The third-order valence-corrected chi connectivity index (χ3v) is 4.36. The molecule has 1 aliphatic heterocycles. The second-order valence-corrected chi connectivity index (χ2v) is 5.69. The second-order valence-electron chi connectivity index (χ2n) is 5.69. The van der Waals surface area contributed by atoms with E-state index in [0.29, 0.717) is 11.0 Å². The Balaban J connectivity index is 2.09. The number of carbonyl (C=O) groups is 1. The smallest absolute Gasteiger partial charge is 0.255 e. The van der Waals surface area contributed by atoms with E-state index in [9.17, 15) is 9.18 Å². The number of halogens is 1. The Bertz CT molecular complexity index is 479. The summed E-state index contributed by atoms with van der Waals surface area (Å²) in [6.07, 6.45) is 3.15. The zero-order valence-corrected chi connectivity index (χ0v) is 11.6. The summed E-state index contributed by atoms with van der Waals surface area (Å²) in [5.41, 5.74) is 6.68. The number of anilines is 1. The summed E-state index contributed by atoms with van der Waals surface area (Å²) >= 11 is 0. The molecule has 0 aromatic heterocycles. The summed E-state index contributed by atoms with van der Waals surface area (Å²) in [6, 6.07) is 3.96. The van der Waals surface area contributed by atoms with Crippen molar-refractivity contribution in [3.05, 3.63) is 29.6 Å². The lowest BCUT2D eigenvalue weighted by Gasteiger charge is -2.39. The monoisotopic (exact) mass is 264 g/mol. The van der Waals surface area contributed by atoms with Crippen molar-refractivity contribution in [3.63, 3.8) is 0 Å². The summed E-state index contributed by atoms with van der Waals surface area (Å²) in [5.74, 6) is -0.498. The van der Waals surface area contributed by atoms with E-state index in [4.69, 9.17) is 5.73 Å². The van der Waals surface area contributed by atoms with Crippen LogP contribution in [0.1, 0.15) is 43.5 Å². The van der Waals surface area contributed by atoms with Crippen LogP contribution in [0.3, 0.4) is 0 Å². The number of nitrogen functional groups attached to an aromatic ring is 1. The maximum Gasteiger partial charge on any atom is 0.255 e. The maximum atomic E-state index is 13.0. The lowest BCUT2D eigenvalue weighted by molar-refractivity contribution is 0.0601. The van der Waals surface area contributed by atoms with Crippen LogP contribution < -0.4 is 5.73 Å². The zero-order chi connectivity index (χ0) is 14.0. The summed E-state index contributed by atoms with van der Waals surface area (Å²) in [5, 5.41) is 0. The van der Waals surface area contributed by atoms with E-state index >= 15 is 0 Å². The minimum absolute atomic E-state index is 0.0874. The van der Waals surface area contributed by atoms with Gasteiger partial charge in [0.2, 0.25) is 0 Å². The predicted octanol–water partition coefficient (Wildman–Crippen LogP) is 3.06. The van der Waals surface area contributed by atoms with E-state index in [1.54, 1.807) is 0 Å². The molecule has 0 atom stereocenters. The van der Waals surface area contributed by atoms with Gasteiger partial charge >= 0.3 is 0 Å². The van der Waals surface area contributed by atoms with Crippen molar-refractivity contribution in [1.29, 1.82) is 0 Å². The van der Waals surface area contributed by atoms with Gasteiger partial charge in [0.25, 0.3) is 5.91 Å². The van der Waals surface area contributed by atoms with Crippen molar-refractivity contribution in [1.82, 2.24) is 4.90 Å². The number of carbonyl (C=O) groups excluding carboxylic acids is 1. The van der Waals surface area contributed by atoms with Crippen LogP contribution in [0.2, 0.25) is 0 Å². The van der Waals surface area contributed by atoms with Crippen molar-refractivity contribution in [2.24, 2.45) is 5.41 Å². The number of amides is 1. The lowest BCUT2D eigenvalue weighted by atomic mass is 9.78. The van der Waals surface area contributed by atoms with Gasteiger partial charge in [-0.1, -0.05) is 20.3 Å². The summed E-state index contributed by atoms with van der Waals surface area (Å²) < 4.78 is 13.0. The number of hydrogen-bond donors (Lipinski definition) is 1. The molecule has 3 nitrogen and oxygen atoms in total. The summed E-state index contributed by atoms with van der Waals surface area (Å²) in [4.78, 5) is 14.2. The normalized spacial score (nSPS) is 18.4. The highest BCUT2D eigenvalue weighted by molar-refractivity contribution is 5.99. The minimum Gasteiger partial charge on any atom is -0.398 e. The van der Waals surface area contributed by atoms with Crippen molar-refractivity contribution in [3.8, 4) is 0 Å². The van der Waals surface area contributed by atoms with Crippen LogP contribution in [0.15, 0.2) is 18.2 Å². The van der Waals surface area contributed by atoms with Gasteiger partial charge in [-0.3, -0.25) is 4.79 Å². The third-order valence-electron chi connectivity index (χ3n) is 4.36.